The third-order valence-electron chi connectivity index (χ3n) is 6.91. The molecule has 2 heterocycles. The molecule has 5 nitrogen and oxygen atoms in total. The maximum atomic E-state index is 13.3. The van der Waals surface area contributed by atoms with Crippen LogP contribution in [0.1, 0.15) is 12.0 Å². The van der Waals surface area contributed by atoms with Crippen molar-refractivity contribution in [3.8, 4) is 0 Å². The quantitative estimate of drug-likeness (QED) is 0.677. The lowest BCUT2D eigenvalue weighted by molar-refractivity contribution is -0.125. The van der Waals surface area contributed by atoms with Gasteiger partial charge in [-0.05, 0) is 36.6 Å². The molecule has 0 aromatic heterocycles. The van der Waals surface area contributed by atoms with E-state index < -0.39 is 0 Å². The minimum atomic E-state index is -0.329. The van der Waals surface area contributed by atoms with E-state index in [0.29, 0.717) is 15.7 Å². The van der Waals surface area contributed by atoms with Crippen LogP contribution in [-0.4, -0.2) is 23.6 Å². The zero-order valence-corrected chi connectivity index (χ0v) is 16.7. The molecular weight excluding hydrogens is 411 g/mol. The third-order valence-corrected chi connectivity index (χ3v) is 7.46. The molecule has 2 aromatic rings. The zero-order valence-electron chi connectivity index (χ0n) is 15.2. The minimum Gasteiger partial charge on any atom is -0.391 e. The van der Waals surface area contributed by atoms with Gasteiger partial charge >= 0.3 is 0 Å². The van der Waals surface area contributed by atoms with Crippen LogP contribution in [-0.2, 0) is 14.4 Å². The Morgan fingerprint density at radius 2 is 1.66 bits per heavy atom. The monoisotopic (exact) mass is 426 g/mol. The van der Waals surface area contributed by atoms with Crippen molar-refractivity contribution in [3.05, 3.63) is 64.1 Å². The van der Waals surface area contributed by atoms with E-state index in [0.717, 1.165) is 17.7 Å². The molecule has 4 aliphatic rings. The lowest BCUT2D eigenvalue weighted by Gasteiger charge is -2.30. The Hall–Kier alpha value is -2.37. The number of halogens is 2. The number of anilines is 1. The average Bonchev–Trinajstić information content (AvgIpc) is 3.43. The molecule has 2 aromatic carbocycles. The molecule has 6 atom stereocenters. The summed E-state index contributed by atoms with van der Waals surface area (Å²) in [4.78, 5) is 33.7. The smallest absolute Gasteiger partial charge is 0.238 e. The Morgan fingerprint density at radius 3 is 2.38 bits per heavy atom. The van der Waals surface area contributed by atoms with Crippen molar-refractivity contribution in [3.63, 3.8) is 0 Å². The molecule has 7 heteroatoms. The van der Waals surface area contributed by atoms with Crippen LogP contribution in [0.5, 0.6) is 0 Å². The summed E-state index contributed by atoms with van der Waals surface area (Å²) in [5.74, 6) is -0.895. The van der Waals surface area contributed by atoms with Crippen LogP contribution < -0.4 is 4.90 Å². The van der Waals surface area contributed by atoms with Crippen LogP contribution in [0.2, 0.25) is 10.0 Å². The minimum absolute atomic E-state index is 0.00696. The van der Waals surface area contributed by atoms with Crippen LogP contribution in [0.4, 0.5) is 5.69 Å². The summed E-state index contributed by atoms with van der Waals surface area (Å²) in [5.41, 5.74) is 2.18. The molecule has 2 aliphatic carbocycles. The summed E-state index contributed by atoms with van der Waals surface area (Å²) in [5, 5.41) is 5.40. The fraction of sp³-hybridized carbons (Fsp3) is 0.318. The van der Waals surface area contributed by atoms with Crippen molar-refractivity contribution in [2.75, 3.05) is 4.90 Å². The molecule has 29 heavy (non-hydrogen) atoms. The highest BCUT2D eigenvalue weighted by atomic mass is 35.5. The molecule has 2 bridgehead atoms. The summed E-state index contributed by atoms with van der Waals surface area (Å²) < 4.78 is 0. The average molecular weight is 427 g/mol. The first kappa shape index (κ1) is 17.5. The summed E-state index contributed by atoms with van der Waals surface area (Å²) in [6.07, 6.45) is 0.616. The normalized spacial score (nSPS) is 34.3. The Kier molecular flexibility index (Phi) is 3.66. The maximum Gasteiger partial charge on any atom is 0.238 e. The molecular formula is C22H16Cl2N2O3. The van der Waals surface area contributed by atoms with Gasteiger partial charge in [0.2, 0.25) is 11.8 Å². The number of hydrogen-bond donors (Lipinski definition) is 0. The largest absolute Gasteiger partial charge is 0.391 e. The van der Waals surface area contributed by atoms with E-state index in [1.807, 2.05) is 24.3 Å². The van der Waals surface area contributed by atoms with Gasteiger partial charge in [-0.25, -0.2) is 0 Å². The number of para-hydroxylation sites is 1. The molecule has 3 fully saturated rings. The van der Waals surface area contributed by atoms with Gasteiger partial charge in [-0.3, -0.25) is 14.5 Å². The SMILES string of the molecule is O=C1[C@@H]2[C@@H]3C[C@H]([C@H]4ON=C(c5ccc(Cl)cc5Cl)[C@H]34)[C@@H]2C(=O)N1c1ccccc1. The van der Waals surface area contributed by atoms with E-state index in [1.165, 1.54) is 4.90 Å². The number of amides is 2. The maximum absolute atomic E-state index is 13.3. The summed E-state index contributed by atoms with van der Waals surface area (Å²) in [6, 6.07) is 14.5. The second-order valence-electron chi connectivity index (χ2n) is 8.16. The van der Waals surface area contributed by atoms with Gasteiger partial charge in [0.05, 0.1) is 28.3 Å². The second kappa shape index (κ2) is 6.07. The number of oxime groups is 1. The number of carbonyl (C=O) groups is 2. The van der Waals surface area contributed by atoms with Gasteiger partial charge in [0.1, 0.15) is 6.10 Å². The Morgan fingerprint density at radius 1 is 0.931 bits per heavy atom. The van der Waals surface area contributed by atoms with Crippen LogP contribution in [0, 0.1) is 29.6 Å². The third kappa shape index (κ3) is 2.26. The fourth-order valence-electron chi connectivity index (χ4n) is 5.88. The van der Waals surface area contributed by atoms with Crippen molar-refractivity contribution in [2.24, 2.45) is 34.7 Å². The van der Waals surface area contributed by atoms with Crippen molar-refractivity contribution >= 4 is 46.4 Å². The van der Waals surface area contributed by atoms with E-state index in [-0.39, 0.29) is 47.5 Å². The topological polar surface area (TPSA) is 59.0 Å². The fourth-order valence-corrected chi connectivity index (χ4v) is 6.38. The van der Waals surface area contributed by atoms with Gasteiger partial charge in [-0.15, -0.1) is 0 Å². The van der Waals surface area contributed by atoms with Crippen LogP contribution >= 0.6 is 23.2 Å². The van der Waals surface area contributed by atoms with Crippen molar-refractivity contribution < 1.29 is 14.4 Å². The lowest BCUT2D eigenvalue weighted by atomic mass is 9.71. The van der Waals surface area contributed by atoms with E-state index in [2.05, 4.69) is 5.16 Å². The van der Waals surface area contributed by atoms with Gasteiger partial charge in [-0.1, -0.05) is 52.6 Å². The molecule has 2 amide bonds. The van der Waals surface area contributed by atoms with Crippen LogP contribution in [0.3, 0.4) is 0 Å². The highest BCUT2D eigenvalue weighted by Gasteiger charge is 2.70. The summed E-state index contributed by atoms with van der Waals surface area (Å²) >= 11 is 12.5. The molecule has 1 saturated heterocycles. The predicted molar refractivity (Wildman–Crippen MR) is 109 cm³/mol. The highest BCUT2D eigenvalue weighted by molar-refractivity contribution is 6.37. The number of nitrogens with zero attached hydrogens (tertiary/aromatic N) is 2. The van der Waals surface area contributed by atoms with E-state index in [9.17, 15) is 9.59 Å². The molecule has 0 unspecified atom stereocenters. The molecule has 2 aliphatic heterocycles. The van der Waals surface area contributed by atoms with E-state index in [1.54, 1.807) is 24.3 Å². The van der Waals surface area contributed by atoms with Crippen molar-refractivity contribution in [1.82, 2.24) is 0 Å². The number of rotatable bonds is 2. The van der Waals surface area contributed by atoms with Crippen LogP contribution in [0.25, 0.3) is 0 Å². The van der Waals surface area contributed by atoms with Gasteiger partial charge in [0.15, 0.2) is 0 Å². The molecule has 0 radical (unpaired) electrons. The first-order chi connectivity index (χ1) is 14.1. The molecule has 146 valence electrons. The number of fused-ring (bicyclic) bond motifs is 8. The second-order valence-corrected chi connectivity index (χ2v) is 9.00. The Labute approximate surface area is 177 Å². The number of carbonyl (C=O) groups excluding carboxylic acids is 2. The van der Waals surface area contributed by atoms with Gasteiger partial charge in [0, 0.05) is 22.4 Å². The lowest BCUT2D eigenvalue weighted by Crippen LogP contribution is -2.41. The molecule has 2 saturated carbocycles. The molecule has 0 spiro atoms. The van der Waals surface area contributed by atoms with E-state index in [4.69, 9.17) is 28.0 Å². The number of imide groups is 1. The summed E-state index contributed by atoms with van der Waals surface area (Å²) in [7, 11) is 0. The Bertz CT molecular complexity index is 1090. The molecule has 6 rings (SSSR count). The predicted octanol–water partition coefficient (Wildman–Crippen LogP) is 4.17. The van der Waals surface area contributed by atoms with Gasteiger partial charge in [0.25, 0.3) is 0 Å². The van der Waals surface area contributed by atoms with Gasteiger partial charge < -0.3 is 4.84 Å². The first-order valence-electron chi connectivity index (χ1n) is 9.68. The number of hydrogen-bond acceptors (Lipinski definition) is 4. The molecule has 0 N–H and O–H groups in total. The number of benzene rings is 2. The van der Waals surface area contributed by atoms with Crippen molar-refractivity contribution in [2.45, 2.75) is 12.5 Å². The van der Waals surface area contributed by atoms with Crippen LogP contribution in [0.15, 0.2) is 53.7 Å². The van der Waals surface area contributed by atoms with Gasteiger partial charge in [-0.2, -0.15) is 0 Å². The summed E-state index contributed by atoms with van der Waals surface area (Å²) in [6.45, 7) is 0. The Balaban J connectivity index is 1.37. The standard InChI is InChI=1S/C22H16Cl2N2O3/c23-10-6-7-12(15(24)8-10)19-18-13-9-14(20(18)29-25-19)17-16(13)21(27)26(22(17)28)11-4-2-1-3-5-11/h1-8,13-14,16-18,20H,9H2/t13-,14-,16+,17-,18-,20+/m0/s1. The van der Waals surface area contributed by atoms with E-state index >= 15 is 0 Å². The highest BCUT2D eigenvalue weighted by Crippen LogP contribution is 2.62. The zero-order chi connectivity index (χ0) is 19.9. The van der Waals surface area contributed by atoms with Crippen molar-refractivity contribution in [1.29, 1.82) is 0 Å². The first-order valence-corrected chi connectivity index (χ1v) is 10.4.